The highest BCUT2D eigenvalue weighted by Gasteiger charge is 2.16. The molecule has 0 aliphatic carbocycles. The van der Waals surface area contributed by atoms with Crippen LogP contribution >= 0.6 is 0 Å². The normalized spacial score (nSPS) is 10.4. The molecule has 7 nitrogen and oxygen atoms in total. The number of hydrogen-bond acceptors (Lipinski definition) is 6. The summed E-state index contributed by atoms with van der Waals surface area (Å²) in [7, 11) is 4.49. The van der Waals surface area contributed by atoms with Gasteiger partial charge in [-0.05, 0) is 12.1 Å². The molecule has 26 heavy (non-hydrogen) atoms. The molecular weight excluding hydrogens is 338 g/mol. The number of rotatable bonds is 5. The van der Waals surface area contributed by atoms with Gasteiger partial charge in [0.1, 0.15) is 17.1 Å². The molecular formula is C19H17NO6. The van der Waals surface area contributed by atoms with Crippen LogP contribution in [0.5, 0.6) is 17.2 Å². The molecule has 0 aliphatic heterocycles. The Morgan fingerprint density at radius 3 is 2.27 bits per heavy atom. The average molecular weight is 355 g/mol. The number of hydrogen-bond donors (Lipinski definition) is 1. The Morgan fingerprint density at radius 1 is 0.962 bits per heavy atom. The molecule has 2 aromatic carbocycles. The Bertz CT molecular complexity index is 1000. The number of anilines is 1. The fraction of sp³-hybridized carbons (Fsp3) is 0.158. The van der Waals surface area contributed by atoms with E-state index in [2.05, 4.69) is 5.32 Å². The topological polar surface area (TPSA) is 87.0 Å². The van der Waals surface area contributed by atoms with Gasteiger partial charge in [0.2, 0.25) is 0 Å². The van der Waals surface area contributed by atoms with Crippen LogP contribution in [0.2, 0.25) is 0 Å². The van der Waals surface area contributed by atoms with Crippen molar-refractivity contribution in [1.82, 2.24) is 0 Å². The van der Waals surface area contributed by atoms with Crippen molar-refractivity contribution in [2.45, 2.75) is 0 Å². The molecule has 0 bridgehead atoms. The number of fused-ring (bicyclic) bond motifs is 1. The largest absolute Gasteiger partial charge is 0.497 e. The molecule has 0 spiro atoms. The summed E-state index contributed by atoms with van der Waals surface area (Å²) >= 11 is 0. The molecule has 0 radical (unpaired) electrons. The van der Waals surface area contributed by atoms with Crippen molar-refractivity contribution in [3.05, 3.63) is 58.4 Å². The van der Waals surface area contributed by atoms with Gasteiger partial charge in [0.15, 0.2) is 11.3 Å². The summed E-state index contributed by atoms with van der Waals surface area (Å²) in [6.45, 7) is 0. The van der Waals surface area contributed by atoms with Gasteiger partial charge in [-0.2, -0.15) is 0 Å². The molecule has 3 rings (SSSR count). The second kappa shape index (κ2) is 7.18. The minimum atomic E-state index is -0.755. The smallest absolute Gasteiger partial charge is 0.349 e. The van der Waals surface area contributed by atoms with Crippen LogP contribution in [0, 0.1) is 0 Å². The van der Waals surface area contributed by atoms with Crippen molar-refractivity contribution < 1.29 is 23.4 Å². The zero-order chi connectivity index (χ0) is 18.7. The molecule has 0 saturated carbocycles. The lowest BCUT2D eigenvalue weighted by Crippen LogP contribution is -2.20. The zero-order valence-corrected chi connectivity index (χ0v) is 14.5. The van der Waals surface area contributed by atoms with Gasteiger partial charge in [-0.3, -0.25) is 4.79 Å². The third-order valence-electron chi connectivity index (χ3n) is 3.80. The second-order valence-electron chi connectivity index (χ2n) is 5.38. The van der Waals surface area contributed by atoms with Crippen molar-refractivity contribution in [3.8, 4) is 17.2 Å². The number of para-hydroxylation sites is 1. The maximum Gasteiger partial charge on any atom is 0.349 e. The van der Waals surface area contributed by atoms with Gasteiger partial charge in [-0.25, -0.2) is 4.79 Å². The van der Waals surface area contributed by atoms with Crippen LogP contribution in [0.4, 0.5) is 5.69 Å². The lowest BCUT2D eigenvalue weighted by molar-refractivity contribution is 0.102. The van der Waals surface area contributed by atoms with Crippen molar-refractivity contribution in [3.63, 3.8) is 0 Å². The van der Waals surface area contributed by atoms with E-state index >= 15 is 0 Å². The Hall–Kier alpha value is -3.48. The summed E-state index contributed by atoms with van der Waals surface area (Å²) in [5.41, 5.74) is -0.155. The molecule has 0 unspecified atom stereocenters. The van der Waals surface area contributed by atoms with Gasteiger partial charge in [0, 0.05) is 29.3 Å². The Labute approximate surface area is 149 Å². The fourth-order valence-electron chi connectivity index (χ4n) is 2.51. The van der Waals surface area contributed by atoms with E-state index in [1.807, 2.05) is 0 Å². The van der Waals surface area contributed by atoms with Gasteiger partial charge < -0.3 is 23.9 Å². The first-order chi connectivity index (χ1) is 12.5. The van der Waals surface area contributed by atoms with E-state index in [9.17, 15) is 9.59 Å². The number of methoxy groups -OCH3 is 3. The molecule has 0 aliphatic rings. The predicted molar refractivity (Wildman–Crippen MR) is 96.5 cm³/mol. The Balaban J connectivity index is 1.98. The highest BCUT2D eigenvalue weighted by Crippen LogP contribution is 2.27. The average Bonchev–Trinajstić information content (AvgIpc) is 2.66. The molecule has 0 saturated heterocycles. The Kier molecular flexibility index (Phi) is 4.79. The van der Waals surface area contributed by atoms with Crippen molar-refractivity contribution in [2.24, 2.45) is 0 Å². The number of ether oxygens (including phenoxy) is 3. The van der Waals surface area contributed by atoms with E-state index in [1.165, 1.54) is 27.4 Å². The van der Waals surface area contributed by atoms with E-state index in [4.69, 9.17) is 18.6 Å². The molecule has 1 N–H and O–H groups in total. The van der Waals surface area contributed by atoms with E-state index in [1.54, 1.807) is 36.4 Å². The first kappa shape index (κ1) is 17.3. The van der Waals surface area contributed by atoms with E-state index in [0.29, 0.717) is 33.9 Å². The van der Waals surface area contributed by atoms with Crippen LogP contribution in [0.1, 0.15) is 10.4 Å². The molecule has 3 aromatic rings. The summed E-state index contributed by atoms with van der Waals surface area (Å²) in [5.74, 6) is 0.840. The van der Waals surface area contributed by atoms with Crippen molar-refractivity contribution >= 4 is 22.6 Å². The zero-order valence-electron chi connectivity index (χ0n) is 14.5. The number of nitrogens with one attached hydrogen (secondary N) is 1. The summed E-state index contributed by atoms with van der Waals surface area (Å²) in [6, 6.07) is 11.5. The monoisotopic (exact) mass is 355 g/mol. The van der Waals surface area contributed by atoms with E-state index in [-0.39, 0.29) is 5.56 Å². The van der Waals surface area contributed by atoms with Crippen LogP contribution in [0.3, 0.4) is 0 Å². The highest BCUT2D eigenvalue weighted by molar-refractivity contribution is 6.05. The lowest BCUT2D eigenvalue weighted by atomic mass is 10.1. The van der Waals surface area contributed by atoms with Gasteiger partial charge >= 0.3 is 5.63 Å². The van der Waals surface area contributed by atoms with Crippen molar-refractivity contribution in [2.75, 3.05) is 26.6 Å². The predicted octanol–water partition coefficient (Wildman–Crippen LogP) is 3.07. The fourth-order valence-corrected chi connectivity index (χ4v) is 2.51. The number of benzene rings is 2. The third-order valence-corrected chi connectivity index (χ3v) is 3.80. The maximum absolute atomic E-state index is 12.5. The molecule has 1 amide bonds. The van der Waals surface area contributed by atoms with Gasteiger partial charge in [-0.1, -0.05) is 12.1 Å². The minimum Gasteiger partial charge on any atom is -0.497 e. The molecule has 0 atom stereocenters. The second-order valence-corrected chi connectivity index (χ2v) is 5.38. The molecule has 1 aromatic heterocycles. The maximum atomic E-state index is 12.5. The molecule has 0 fully saturated rings. The van der Waals surface area contributed by atoms with Crippen molar-refractivity contribution in [1.29, 1.82) is 0 Å². The quantitative estimate of drug-likeness (QED) is 0.708. The van der Waals surface area contributed by atoms with E-state index in [0.717, 1.165) is 0 Å². The highest BCUT2D eigenvalue weighted by atomic mass is 16.5. The standard InChI is InChI=1S/C19H17NO6/c1-23-13-8-12(9-14(10-13)24-2)20-18(21)15-7-11-5-4-6-16(25-3)17(11)26-19(15)22/h4-10H,1-3H3,(H,20,21). The Morgan fingerprint density at radius 2 is 1.65 bits per heavy atom. The lowest BCUT2D eigenvalue weighted by Gasteiger charge is -2.10. The minimum absolute atomic E-state index is 0.118. The van der Waals surface area contributed by atoms with Crippen LogP contribution < -0.4 is 25.2 Å². The van der Waals surface area contributed by atoms with Gasteiger partial charge in [0.25, 0.3) is 5.91 Å². The number of amides is 1. The first-order valence-corrected chi connectivity index (χ1v) is 7.71. The van der Waals surface area contributed by atoms with Gasteiger partial charge in [-0.15, -0.1) is 0 Å². The van der Waals surface area contributed by atoms with Crippen LogP contribution in [-0.2, 0) is 0 Å². The SMILES string of the molecule is COc1cc(NC(=O)c2cc3cccc(OC)c3oc2=O)cc(OC)c1. The number of carbonyl (C=O) groups is 1. The number of carbonyl (C=O) groups excluding carboxylic acids is 1. The van der Waals surface area contributed by atoms with Crippen LogP contribution in [0.15, 0.2) is 51.7 Å². The van der Waals surface area contributed by atoms with Crippen LogP contribution in [0.25, 0.3) is 11.0 Å². The summed E-state index contributed by atoms with van der Waals surface area (Å²) < 4.78 is 20.8. The molecule has 134 valence electrons. The summed E-state index contributed by atoms with van der Waals surface area (Å²) in [6.07, 6.45) is 0. The molecule has 1 heterocycles. The van der Waals surface area contributed by atoms with E-state index < -0.39 is 11.5 Å². The van der Waals surface area contributed by atoms with Gasteiger partial charge in [0.05, 0.1) is 21.3 Å². The summed E-state index contributed by atoms with van der Waals surface area (Å²) in [4.78, 5) is 24.8. The first-order valence-electron chi connectivity index (χ1n) is 7.71. The third kappa shape index (κ3) is 3.32. The molecule has 7 heteroatoms. The van der Waals surface area contributed by atoms with Crippen LogP contribution in [-0.4, -0.2) is 27.2 Å². The summed E-state index contributed by atoms with van der Waals surface area (Å²) in [5, 5.41) is 3.23.